The van der Waals surface area contributed by atoms with Crippen LogP contribution in [0.5, 0.6) is 5.75 Å². The Hall–Kier alpha value is -1.06. The molecule has 1 aromatic rings. The molecule has 0 saturated carbocycles. The molecule has 0 heterocycles. The molecule has 100 valence electrons. The first-order valence-electron chi connectivity index (χ1n) is 6.10. The average Bonchev–Trinajstić information content (AvgIpc) is 2.29. The van der Waals surface area contributed by atoms with Gasteiger partial charge in [-0.2, -0.15) is 0 Å². The SMILES string of the molecule is CN(C)CCOc1ccc2c(c1)CCCC2=O.Cl. The van der Waals surface area contributed by atoms with Gasteiger partial charge in [0, 0.05) is 18.5 Å². The summed E-state index contributed by atoms with van der Waals surface area (Å²) in [6.07, 6.45) is 2.65. The second kappa shape index (κ2) is 6.76. The molecular formula is C14H20ClNO2. The number of nitrogens with zero attached hydrogens (tertiary/aromatic N) is 1. The Morgan fingerprint density at radius 1 is 1.28 bits per heavy atom. The van der Waals surface area contributed by atoms with Crippen molar-refractivity contribution < 1.29 is 9.53 Å². The number of carbonyl (C=O) groups is 1. The molecule has 0 spiro atoms. The van der Waals surface area contributed by atoms with Crippen molar-refractivity contribution in [2.45, 2.75) is 19.3 Å². The van der Waals surface area contributed by atoms with Gasteiger partial charge in [0.2, 0.25) is 0 Å². The molecule has 0 aromatic heterocycles. The molecule has 0 atom stereocenters. The number of hydrogen-bond acceptors (Lipinski definition) is 3. The molecule has 0 N–H and O–H groups in total. The Kier molecular flexibility index (Phi) is 5.63. The van der Waals surface area contributed by atoms with Gasteiger partial charge in [-0.05, 0) is 50.7 Å². The number of hydrogen-bond donors (Lipinski definition) is 0. The van der Waals surface area contributed by atoms with Gasteiger partial charge in [0.1, 0.15) is 12.4 Å². The number of fused-ring (bicyclic) bond motifs is 1. The van der Waals surface area contributed by atoms with Crippen LogP contribution >= 0.6 is 12.4 Å². The number of aryl methyl sites for hydroxylation is 1. The van der Waals surface area contributed by atoms with Crippen LogP contribution in [0.25, 0.3) is 0 Å². The maximum absolute atomic E-state index is 11.7. The predicted molar refractivity (Wildman–Crippen MR) is 75.0 cm³/mol. The largest absolute Gasteiger partial charge is 0.492 e. The van der Waals surface area contributed by atoms with Crippen molar-refractivity contribution in [3.05, 3.63) is 29.3 Å². The van der Waals surface area contributed by atoms with Crippen molar-refractivity contribution in [3.63, 3.8) is 0 Å². The molecule has 0 bridgehead atoms. The first kappa shape index (κ1) is 15.0. The highest BCUT2D eigenvalue weighted by Crippen LogP contribution is 2.25. The Bertz CT molecular complexity index is 418. The maximum atomic E-state index is 11.7. The second-order valence-electron chi connectivity index (χ2n) is 4.75. The Labute approximate surface area is 115 Å². The smallest absolute Gasteiger partial charge is 0.163 e. The van der Waals surface area contributed by atoms with Gasteiger partial charge in [0.25, 0.3) is 0 Å². The van der Waals surface area contributed by atoms with Crippen molar-refractivity contribution in [1.29, 1.82) is 0 Å². The number of Topliss-reactive ketones (excluding diaryl/α,β-unsaturated/α-hetero) is 1. The topological polar surface area (TPSA) is 29.5 Å². The average molecular weight is 270 g/mol. The number of carbonyl (C=O) groups excluding carboxylic acids is 1. The van der Waals surface area contributed by atoms with Crippen LogP contribution in [0.4, 0.5) is 0 Å². The summed E-state index contributed by atoms with van der Waals surface area (Å²) < 4.78 is 5.67. The van der Waals surface area contributed by atoms with Gasteiger partial charge >= 0.3 is 0 Å². The fourth-order valence-electron chi connectivity index (χ4n) is 2.06. The summed E-state index contributed by atoms with van der Waals surface area (Å²) in [5.74, 6) is 1.14. The quantitative estimate of drug-likeness (QED) is 0.841. The Morgan fingerprint density at radius 3 is 2.78 bits per heavy atom. The summed E-state index contributed by atoms with van der Waals surface area (Å²) in [7, 11) is 4.05. The van der Waals surface area contributed by atoms with E-state index in [9.17, 15) is 4.79 Å². The van der Waals surface area contributed by atoms with Crippen LogP contribution in [0, 0.1) is 0 Å². The zero-order valence-electron chi connectivity index (χ0n) is 10.9. The molecule has 1 aromatic carbocycles. The summed E-state index contributed by atoms with van der Waals surface area (Å²) in [4.78, 5) is 13.7. The lowest BCUT2D eigenvalue weighted by atomic mass is 9.91. The molecule has 4 heteroatoms. The fourth-order valence-corrected chi connectivity index (χ4v) is 2.06. The van der Waals surface area contributed by atoms with Crippen LogP contribution in [0.3, 0.4) is 0 Å². The Balaban J connectivity index is 0.00000162. The van der Waals surface area contributed by atoms with Gasteiger partial charge in [-0.15, -0.1) is 12.4 Å². The fraction of sp³-hybridized carbons (Fsp3) is 0.500. The summed E-state index contributed by atoms with van der Waals surface area (Å²) >= 11 is 0. The molecule has 2 rings (SSSR count). The number of benzene rings is 1. The van der Waals surface area contributed by atoms with Crippen LogP contribution < -0.4 is 4.74 Å². The molecule has 0 radical (unpaired) electrons. The summed E-state index contributed by atoms with van der Waals surface area (Å²) in [6.45, 7) is 1.58. The van der Waals surface area contributed by atoms with Gasteiger partial charge in [-0.1, -0.05) is 0 Å². The molecule has 1 aliphatic rings. The van der Waals surface area contributed by atoms with Crippen LogP contribution in [0.2, 0.25) is 0 Å². The normalized spacial score (nSPS) is 14.1. The molecule has 0 fully saturated rings. The monoisotopic (exact) mass is 269 g/mol. The minimum absolute atomic E-state index is 0. The van der Waals surface area contributed by atoms with E-state index in [0.29, 0.717) is 13.0 Å². The van der Waals surface area contributed by atoms with E-state index in [1.54, 1.807) is 0 Å². The predicted octanol–water partition coefficient (Wildman–Crippen LogP) is 2.57. The molecule has 0 unspecified atom stereocenters. The highest BCUT2D eigenvalue weighted by molar-refractivity contribution is 5.98. The van der Waals surface area contributed by atoms with Crippen LogP contribution in [-0.4, -0.2) is 37.9 Å². The summed E-state index contributed by atoms with van der Waals surface area (Å²) in [5, 5.41) is 0. The molecule has 0 amide bonds. The van der Waals surface area contributed by atoms with E-state index < -0.39 is 0 Å². The van der Waals surface area contributed by atoms with Crippen LogP contribution in [0.15, 0.2) is 18.2 Å². The van der Waals surface area contributed by atoms with Crippen LogP contribution in [-0.2, 0) is 6.42 Å². The zero-order chi connectivity index (χ0) is 12.3. The number of likely N-dealkylation sites (N-methyl/N-ethyl adjacent to an activating group) is 1. The van der Waals surface area contributed by atoms with Crippen molar-refractivity contribution in [3.8, 4) is 5.75 Å². The van der Waals surface area contributed by atoms with Gasteiger partial charge in [0.05, 0.1) is 0 Å². The Morgan fingerprint density at radius 2 is 2.06 bits per heavy atom. The third-order valence-electron chi connectivity index (χ3n) is 3.03. The standard InChI is InChI=1S/C14H19NO2.ClH/c1-15(2)8-9-17-12-6-7-13-11(10-12)4-3-5-14(13)16;/h6-7,10H,3-5,8-9H2,1-2H3;1H. The maximum Gasteiger partial charge on any atom is 0.163 e. The van der Waals surface area contributed by atoms with Crippen molar-refractivity contribution in [2.75, 3.05) is 27.2 Å². The van der Waals surface area contributed by atoms with Gasteiger partial charge in [-0.25, -0.2) is 0 Å². The molecule has 0 saturated heterocycles. The highest BCUT2D eigenvalue weighted by atomic mass is 35.5. The number of ether oxygens (including phenoxy) is 1. The molecule has 0 aliphatic heterocycles. The number of ketones is 1. The molecule has 3 nitrogen and oxygen atoms in total. The van der Waals surface area contributed by atoms with Gasteiger partial charge < -0.3 is 9.64 Å². The van der Waals surface area contributed by atoms with E-state index in [4.69, 9.17) is 4.74 Å². The number of rotatable bonds is 4. The number of halogens is 1. The van der Waals surface area contributed by atoms with E-state index in [0.717, 1.165) is 36.3 Å². The summed E-state index contributed by atoms with van der Waals surface area (Å²) in [6, 6.07) is 5.82. The minimum Gasteiger partial charge on any atom is -0.492 e. The molecular weight excluding hydrogens is 250 g/mol. The second-order valence-corrected chi connectivity index (χ2v) is 4.75. The van der Waals surface area contributed by atoms with E-state index in [1.807, 2.05) is 32.3 Å². The minimum atomic E-state index is 0. The lowest BCUT2D eigenvalue weighted by molar-refractivity contribution is 0.0972. The van der Waals surface area contributed by atoms with Crippen molar-refractivity contribution in [2.24, 2.45) is 0 Å². The summed E-state index contributed by atoms with van der Waals surface area (Å²) in [5.41, 5.74) is 2.03. The third-order valence-corrected chi connectivity index (χ3v) is 3.03. The molecule has 1 aliphatic carbocycles. The first-order valence-corrected chi connectivity index (χ1v) is 6.10. The van der Waals surface area contributed by atoms with Crippen molar-refractivity contribution in [1.82, 2.24) is 4.90 Å². The highest BCUT2D eigenvalue weighted by Gasteiger charge is 2.17. The van der Waals surface area contributed by atoms with E-state index >= 15 is 0 Å². The van der Waals surface area contributed by atoms with Crippen LogP contribution in [0.1, 0.15) is 28.8 Å². The van der Waals surface area contributed by atoms with E-state index in [2.05, 4.69) is 4.90 Å². The van der Waals surface area contributed by atoms with Crippen molar-refractivity contribution >= 4 is 18.2 Å². The van der Waals surface area contributed by atoms with E-state index in [-0.39, 0.29) is 18.2 Å². The molecule has 18 heavy (non-hydrogen) atoms. The van der Waals surface area contributed by atoms with Gasteiger partial charge in [-0.3, -0.25) is 4.79 Å². The third kappa shape index (κ3) is 3.72. The zero-order valence-corrected chi connectivity index (χ0v) is 11.8. The lowest BCUT2D eigenvalue weighted by Gasteiger charge is -2.16. The van der Waals surface area contributed by atoms with Gasteiger partial charge in [0.15, 0.2) is 5.78 Å². The first-order chi connectivity index (χ1) is 8.16. The van der Waals surface area contributed by atoms with E-state index in [1.165, 1.54) is 0 Å². The lowest BCUT2D eigenvalue weighted by Crippen LogP contribution is -2.19.